The van der Waals surface area contributed by atoms with E-state index in [0.717, 1.165) is 5.56 Å². The molecule has 1 aromatic heterocycles. The summed E-state index contributed by atoms with van der Waals surface area (Å²) in [4.78, 5) is 40.8. The lowest BCUT2D eigenvalue weighted by molar-refractivity contribution is -0.146. The topological polar surface area (TPSA) is 93.1 Å². The van der Waals surface area contributed by atoms with Crippen LogP contribution in [0.25, 0.3) is 5.76 Å². The number of carbonyl (C=O) groups excluding carboxylic acids is 3. The summed E-state index contributed by atoms with van der Waals surface area (Å²) < 4.78 is 10.6. The molecule has 1 amide bonds. The van der Waals surface area contributed by atoms with Gasteiger partial charge in [0.15, 0.2) is 0 Å². The highest BCUT2D eigenvalue weighted by molar-refractivity contribution is 7.10. The summed E-state index contributed by atoms with van der Waals surface area (Å²) >= 11 is 7.70. The van der Waals surface area contributed by atoms with E-state index in [9.17, 15) is 19.5 Å². The third kappa shape index (κ3) is 5.26. The summed E-state index contributed by atoms with van der Waals surface area (Å²) in [5.74, 6) is -2.11. The van der Waals surface area contributed by atoms with Gasteiger partial charge in [-0.2, -0.15) is 0 Å². The molecule has 7 nitrogen and oxygen atoms in total. The first kappa shape index (κ1) is 26.4. The Morgan fingerprint density at radius 2 is 1.86 bits per heavy atom. The lowest BCUT2D eigenvalue weighted by Crippen LogP contribution is -2.29. The smallest absolute Gasteiger partial charge is 0.310 e. The fraction of sp³-hybridized carbons (Fsp3) is 0.250. The van der Waals surface area contributed by atoms with Crippen LogP contribution in [-0.2, 0) is 25.5 Å². The number of anilines is 1. The molecule has 0 spiro atoms. The molecule has 2 aromatic carbocycles. The summed E-state index contributed by atoms with van der Waals surface area (Å²) in [7, 11) is 1.42. The number of esters is 1. The van der Waals surface area contributed by atoms with Gasteiger partial charge in [0.25, 0.3) is 11.7 Å². The van der Waals surface area contributed by atoms with E-state index in [1.807, 2.05) is 11.4 Å². The molecule has 0 radical (unpaired) electrons. The van der Waals surface area contributed by atoms with Crippen molar-refractivity contribution in [1.29, 1.82) is 0 Å². The van der Waals surface area contributed by atoms with Gasteiger partial charge in [0.05, 0.1) is 35.8 Å². The maximum Gasteiger partial charge on any atom is 0.310 e. The Labute approximate surface area is 223 Å². The Morgan fingerprint density at radius 3 is 2.46 bits per heavy atom. The zero-order valence-corrected chi connectivity index (χ0v) is 22.4. The van der Waals surface area contributed by atoms with E-state index in [4.69, 9.17) is 21.1 Å². The fourth-order valence-corrected chi connectivity index (χ4v) is 5.49. The third-order valence-corrected chi connectivity index (χ3v) is 7.04. The molecule has 1 atom stereocenters. The molecule has 1 unspecified atom stereocenters. The highest BCUT2D eigenvalue weighted by atomic mass is 35.5. The highest BCUT2D eigenvalue weighted by Crippen LogP contribution is 2.45. The van der Waals surface area contributed by atoms with Crippen molar-refractivity contribution >= 4 is 52.0 Å². The average molecular weight is 540 g/mol. The van der Waals surface area contributed by atoms with E-state index in [1.54, 1.807) is 63.2 Å². The minimum absolute atomic E-state index is 0.0583. The van der Waals surface area contributed by atoms with Crippen molar-refractivity contribution in [2.24, 2.45) is 0 Å². The first-order chi connectivity index (χ1) is 17.6. The Morgan fingerprint density at radius 1 is 1.16 bits per heavy atom. The molecule has 9 heteroatoms. The van der Waals surface area contributed by atoms with Crippen LogP contribution in [0.15, 0.2) is 59.5 Å². The van der Waals surface area contributed by atoms with Crippen molar-refractivity contribution in [1.82, 2.24) is 0 Å². The Bertz CT molecular complexity index is 1380. The monoisotopic (exact) mass is 539 g/mol. The number of ketones is 1. The lowest BCUT2D eigenvalue weighted by Gasteiger charge is -2.24. The molecule has 1 aliphatic heterocycles. The van der Waals surface area contributed by atoms with Gasteiger partial charge in [-0.3, -0.25) is 19.3 Å². The molecule has 37 heavy (non-hydrogen) atoms. The van der Waals surface area contributed by atoms with Gasteiger partial charge >= 0.3 is 5.97 Å². The standard InChI is InChI=1S/C28H26ClNO6S/c1-15(2)36-22(31)14-17-7-9-18(10-8-17)30-24(21-6-5-11-37-21)23(26(33)28(30)34)25(32)19-12-16(3)13-20(29)27(19)35-4/h5-13,15,24,32H,14H2,1-4H3/b25-23-. The number of halogens is 1. The van der Waals surface area contributed by atoms with E-state index in [0.29, 0.717) is 16.1 Å². The number of methoxy groups -OCH3 is 1. The van der Waals surface area contributed by atoms with Crippen LogP contribution < -0.4 is 9.64 Å². The quantitative estimate of drug-likeness (QED) is 0.175. The van der Waals surface area contributed by atoms with E-state index in [2.05, 4.69) is 0 Å². The molecule has 192 valence electrons. The number of carbonyl (C=O) groups is 3. The molecule has 0 bridgehead atoms. The van der Waals surface area contributed by atoms with Gasteiger partial charge in [-0.15, -0.1) is 11.3 Å². The lowest BCUT2D eigenvalue weighted by atomic mass is 9.98. The van der Waals surface area contributed by atoms with Gasteiger partial charge in [-0.1, -0.05) is 29.8 Å². The van der Waals surface area contributed by atoms with Gasteiger partial charge in [0.1, 0.15) is 17.6 Å². The number of hydrogen-bond acceptors (Lipinski definition) is 7. The van der Waals surface area contributed by atoms with Crippen LogP contribution in [0, 0.1) is 6.92 Å². The number of aliphatic hydroxyl groups is 1. The predicted molar refractivity (Wildman–Crippen MR) is 143 cm³/mol. The van der Waals surface area contributed by atoms with Crippen molar-refractivity contribution in [2.45, 2.75) is 39.3 Å². The Balaban J connectivity index is 1.80. The summed E-state index contributed by atoms with van der Waals surface area (Å²) in [6.07, 6.45) is -0.133. The number of rotatable bonds is 7. The maximum absolute atomic E-state index is 13.4. The number of amides is 1. The molecule has 4 rings (SSSR count). The Hall–Kier alpha value is -3.62. The summed E-state index contributed by atoms with van der Waals surface area (Å²) in [5, 5.41) is 13.5. The SMILES string of the molecule is COc1c(Cl)cc(C)cc1/C(O)=C1/C(=O)C(=O)N(c2ccc(CC(=O)OC(C)C)cc2)C1c1cccs1. The van der Waals surface area contributed by atoms with Crippen LogP contribution in [0.5, 0.6) is 5.75 Å². The number of nitrogens with zero attached hydrogens (tertiary/aromatic N) is 1. The molecule has 1 aliphatic rings. The molecule has 2 heterocycles. The van der Waals surface area contributed by atoms with Crippen LogP contribution in [0.3, 0.4) is 0 Å². The number of benzene rings is 2. The van der Waals surface area contributed by atoms with Crippen LogP contribution in [-0.4, -0.2) is 36.0 Å². The zero-order chi connectivity index (χ0) is 26.9. The molecular weight excluding hydrogens is 514 g/mol. The van der Waals surface area contributed by atoms with Gasteiger partial charge in [0, 0.05) is 10.6 Å². The predicted octanol–water partition coefficient (Wildman–Crippen LogP) is 5.84. The van der Waals surface area contributed by atoms with Crippen LogP contribution in [0.1, 0.15) is 41.5 Å². The third-order valence-electron chi connectivity index (χ3n) is 5.83. The number of aryl methyl sites for hydroxylation is 1. The average Bonchev–Trinajstić information content (AvgIpc) is 3.45. The molecule has 1 fully saturated rings. The maximum atomic E-state index is 13.4. The van der Waals surface area contributed by atoms with Crippen molar-refractivity contribution in [3.8, 4) is 5.75 Å². The molecule has 0 saturated carbocycles. The molecule has 3 aromatic rings. The number of Topliss-reactive ketones (excluding diaryl/α,β-unsaturated/α-hetero) is 1. The molecule has 0 aliphatic carbocycles. The van der Waals surface area contributed by atoms with Crippen molar-refractivity contribution in [2.75, 3.05) is 12.0 Å². The molecule has 1 N–H and O–H groups in total. The second kappa shape index (κ2) is 10.8. The number of hydrogen-bond donors (Lipinski definition) is 1. The number of ether oxygens (including phenoxy) is 2. The Kier molecular flexibility index (Phi) is 7.71. The van der Waals surface area contributed by atoms with Crippen molar-refractivity contribution in [3.05, 3.63) is 86.1 Å². The zero-order valence-electron chi connectivity index (χ0n) is 20.8. The molecule has 1 saturated heterocycles. The highest BCUT2D eigenvalue weighted by Gasteiger charge is 2.47. The second-order valence-corrected chi connectivity index (χ2v) is 10.3. The van der Waals surface area contributed by atoms with E-state index >= 15 is 0 Å². The molecular formula is C28H26ClNO6S. The van der Waals surface area contributed by atoms with Crippen molar-refractivity contribution < 1.29 is 29.0 Å². The first-order valence-electron chi connectivity index (χ1n) is 11.6. The number of thiophene rings is 1. The minimum Gasteiger partial charge on any atom is -0.507 e. The summed E-state index contributed by atoms with van der Waals surface area (Å²) in [5.41, 5.74) is 2.08. The van der Waals surface area contributed by atoms with Crippen molar-refractivity contribution in [3.63, 3.8) is 0 Å². The van der Waals surface area contributed by atoms with E-state index in [-0.39, 0.29) is 46.2 Å². The van der Waals surface area contributed by atoms with Crippen LogP contribution in [0.2, 0.25) is 5.02 Å². The summed E-state index contributed by atoms with van der Waals surface area (Å²) in [6, 6.07) is 12.9. The van der Waals surface area contributed by atoms with Gasteiger partial charge < -0.3 is 14.6 Å². The summed E-state index contributed by atoms with van der Waals surface area (Å²) in [6.45, 7) is 5.36. The largest absolute Gasteiger partial charge is 0.507 e. The van der Waals surface area contributed by atoms with E-state index in [1.165, 1.54) is 23.3 Å². The number of aliphatic hydroxyl groups excluding tert-OH is 1. The fourth-order valence-electron chi connectivity index (χ4n) is 4.32. The van der Waals surface area contributed by atoms with Crippen LogP contribution >= 0.6 is 22.9 Å². The van der Waals surface area contributed by atoms with Gasteiger partial charge in [-0.25, -0.2) is 0 Å². The second-order valence-electron chi connectivity index (χ2n) is 8.89. The van der Waals surface area contributed by atoms with Gasteiger partial charge in [-0.05, 0) is 67.6 Å². The van der Waals surface area contributed by atoms with Gasteiger partial charge in [0.2, 0.25) is 0 Å². The van der Waals surface area contributed by atoms with Crippen LogP contribution in [0.4, 0.5) is 5.69 Å². The normalized spacial score (nSPS) is 16.9. The minimum atomic E-state index is -0.860. The first-order valence-corrected chi connectivity index (χ1v) is 12.9. The van der Waals surface area contributed by atoms with E-state index < -0.39 is 17.7 Å².